The molecule has 8 heteroatoms. The molecule has 1 amide bonds. The summed E-state index contributed by atoms with van der Waals surface area (Å²) in [6, 6.07) is 13.3. The summed E-state index contributed by atoms with van der Waals surface area (Å²) in [5.41, 5.74) is 3.91. The standard InChI is InChI=1S/C15H13BrN4O2S/c1-10-17-18-15(23-9-11-5-3-2-4-6-11)20(10)19-14(21)12-7-8-13(16)22-12/h2-8H,9H2,1H3,(H,19,21). The van der Waals surface area contributed by atoms with E-state index < -0.39 is 0 Å². The number of hydrogen-bond acceptors (Lipinski definition) is 5. The number of aryl methyl sites for hydroxylation is 1. The van der Waals surface area contributed by atoms with Gasteiger partial charge in [-0.3, -0.25) is 10.2 Å². The van der Waals surface area contributed by atoms with E-state index >= 15 is 0 Å². The van der Waals surface area contributed by atoms with Crippen LogP contribution in [0.4, 0.5) is 0 Å². The number of benzene rings is 1. The van der Waals surface area contributed by atoms with Gasteiger partial charge < -0.3 is 4.42 Å². The quantitative estimate of drug-likeness (QED) is 0.671. The summed E-state index contributed by atoms with van der Waals surface area (Å²) >= 11 is 4.67. The predicted octanol–water partition coefficient (Wildman–Crippen LogP) is 3.62. The minimum atomic E-state index is -0.361. The second kappa shape index (κ2) is 7.01. The third-order valence-corrected chi connectivity index (χ3v) is 4.44. The van der Waals surface area contributed by atoms with Gasteiger partial charge in [-0.1, -0.05) is 42.1 Å². The molecule has 6 nitrogen and oxygen atoms in total. The lowest BCUT2D eigenvalue weighted by molar-refractivity contribution is 0.0978. The fourth-order valence-electron chi connectivity index (χ4n) is 1.88. The maximum Gasteiger partial charge on any atom is 0.305 e. The van der Waals surface area contributed by atoms with Crippen molar-refractivity contribution >= 4 is 33.6 Å². The number of amides is 1. The Morgan fingerprint density at radius 3 is 2.74 bits per heavy atom. The third kappa shape index (κ3) is 3.83. The summed E-state index contributed by atoms with van der Waals surface area (Å²) in [5.74, 6) is 1.19. The number of thioether (sulfide) groups is 1. The summed E-state index contributed by atoms with van der Waals surface area (Å²) < 4.78 is 7.31. The van der Waals surface area contributed by atoms with Gasteiger partial charge in [0.05, 0.1) is 0 Å². The summed E-state index contributed by atoms with van der Waals surface area (Å²) in [4.78, 5) is 12.2. The normalized spacial score (nSPS) is 10.7. The van der Waals surface area contributed by atoms with Crippen LogP contribution in [0.2, 0.25) is 0 Å². The first-order valence-electron chi connectivity index (χ1n) is 6.79. The highest BCUT2D eigenvalue weighted by Gasteiger charge is 2.16. The molecule has 3 rings (SSSR count). The van der Waals surface area contributed by atoms with Gasteiger partial charge in [0.2, 0.25) is 5.16 Å². The Morgan fingerprint density at radius 1 is 1.26 bits per heavy atom. The van der Waals surface area contributed by atoms with Crippen LogP contribution in [0.1, 0.15) is 21.9 Å². The van der Waals surface area contributed by atoms with Crippen molar-refractivity contribution in [2.24, 2.45) is 0 Å². The topological polar surface area (TPSA) is 73.0 Å². The molecule has 0 saturated heterocycles. The van der Waals surface area contributed by atoms with Crippen LogP contribution in [-0.4, -0.2) is 20.8 Å². The summed E-state index contributed by atoms with van der Waals surface area (Å²) in [6.45, 7) is 1.78. The first kappa shape index (κ1) is 15.8. The van der Waals surface area contributed by atoms with E-state index in [2.05, 4.69) is 31.6 Å². The van der Waals surface area contributed by atoms with E-state index in [1.165, 1.54) is 17.3 Å². The van der Waals surface area contributed by atoms with Crippen molar-refractivity contribution in [1.82, 2.24) is 14.9 Å². The Bertz CT molecular complexity index is 816. The monoisotopic (exact) mass is 392 g/mol. The van der Waals surface area contributed by atoms with Gasteiger partial charge >= 0.3 is 5.91 Å². The second-order valence-electron chi connectivity index (χ2n) is 4.68. The minimum Gasteiger partial charge on any atom is -0.444 e. The number of hydrogen-bond donors (Lipinski definition) is 1. The van der Waals surface area contributed by atoms with Gasteiger partial charge in [-0.05, 0) is 40.5 Å². The van der Waals surface area contributed by atoms with E-state index in [1.54, 1.807) is 23.7 Å². The zero-order valence-electron chi connectivity index (χ0n) is 12.2. The summed E-state index contributed by atoms with van der Waals surface area (Å²) in [5, 5.41) is 8.74. The van der Waals surface area contributed by atoms with E-state index in [9.17, 15) is 4.79 Å². The highest BCUT2D eigenvalue weighted by atomic mass is 79.9. The van der Waals surface area contributed by atoms with E-state index in [0.29, 0.717) is 15.7 Å². The fraction of sp³-hybridized carbons (Fsp3) is 0.133. The molecule has 3 aromatic rings. The highest BCUT2D eigenvalue weighted by molar-refractivity contribution is 9.10. The van der Waals surface area contributed by atoms with Crippen molar-refractivity contribution in [3.63, 3.8) is 0 Å². The number of nitrogens with zero attached hydrogens (tertiary/aromatic N) is 3. The fourth-order valence-corrected chi connectivity index (χ4v) is 3.08. The third-order valence-electron chi connectivity index (χ3n) is 3.02. The number of nitrogens with one attached hydrogen (secondary N) is 1. The van der Waals surface area contributed by atoms with Gasteiger partial charge in [0.25, 0.3) is 0 Å². The molecule has 23 heavy (non-hydrogen) atoms. The Labute approximate surface area is 145 Å². The zero-order chi connectivity index (χ0) is 16.2. The van der Waals surface area contributed by atoms with Crippen LogP contribution in [0.3, 0.4) is 0 Å². The summed E-state index contributed by atoms with van der Waals surface area (Å²) in [6.07, 6.45) is 0. The van der Waals surface area contributed by atoms with Crippen LogP contribution >= 0.6 is 27.7 Å². The molecule has 1 aromatic carbocycles. The van der Waals surface area contributed by atoms with Crippen LogP contribution in [-0.2, 0) is 5.75 Å². The second-order valence-corrected chi connectivity index (χ2v) is 6.41. The highest BCUT2D eigenvalue weighted by Crippen LogP contribution is 2.21. The van der Waals surface area contributed by atoms with Crippen LogP contribution in [0, 0.1) is 6.92 Å². The van der Waals surface area contributed by atoms with Crippen molar-refractivity contribution in [2.75, 3.05) is 5.43 Å². The molecule has 0 atom stereocenters. The van der Waals surface area contributed by atoms with Gasteiger partial charge in [-0.15, -0.1) is 10.2 Å². The molecule has 0 radical (unpaired) electrons. The average molecular weight is 393 g/mol. The van der Waals surface area contributed by atoms with Crippen molar-refractivity contribution < 1.29 is 9.21 Å². The van der Waals surface area contributed by atoms with Crippen molar-refractivity contribution in [3.05, 3.63) is 64.3 Å². The molecular weight excluding hydrogens is 380 g/mol. The largest absolute Gasteiger partial charge is 0.444 e. The molecule has 0 unspecified atom stereocenters. The van der Waals surface area contributed by atoms with Gasteiger partial charge in [-0.2, -0.15) is 0 Å². The van der Waals surface area contributed by atoms with Gasteiger partial charge in [0.1, 0.15) is 5.82 Å². The van der Waals surface area contributed by atoms with E-state index in [4.69, 9.17) is 4.42 Å². The van der Waals surface area contributed by atoms with Crippen LogP contribution in [0.25, 0.3) is 0 Å². The summed E-state index contributed by atoms with van der Waals surface area (Å²) in [7, 11) is 0. The van der Waals surface area contributed by atoms with Crippen molar-refractivity contribution in [1.29, 1.82) is 0 Å². The van der Waals surface area contributed by atoms with Gasteiger partial charge in [0.15, 0.2) is 10.4 Å². The molecule has 0 aliphatic rings. The van der Waals surface area contributed by atoms with Crippen molar-refractivity contribution in [2.45, 2.75) is 17.8 Å². The van der Waals surface area contributed by atoms with E-state index in [-0.39, 0.29) is 11.7 Å². The average Bonchev–Trinajstić information content (AvgIpc) is 3.14. The molecule has 0 saturated carbocycles. The number of rotatable bonds is 5. The Morgan fingerprint density at radius 2 is 2.04 bits per heavy atom. The minimum absolute atomic E-state index is 0.212. The van der Waals surface area contributed by atoms with Crippen LogP contribution in [0.15, 0.2) is 56.7 Å². The van der Waals surface area contributed by atoms with Gasteiger partial charge in [-0.25, -0.2) is 4.68 Å². The molecule has 1 N–H and O–H groups in total. The molecule has 118 valence electrons. The SMILES string of the molecule is Cc1nnc(SCc2ccccc2)n1NC(=O)c1ccc(Br)o1. The first-order chi connectivity index (χ1) is 11.1. The molecule has 0 aliphatic carbocycles. The maximum atomic E-state index is 12.2. The molecule has 0 spiro atoms. The Kier molecular flexibility index (Phi) is 4.82. The molecular formula is C15H13BrN4O2S. The number of carbonyl (C=O) groups excluding carboxylic acids is 1. The first-order valence-corrected chi connectivity index (χ1v) is 8.57. The Balaban J connectivity index is 1.72. The lowest BCUT2D eigenvalue weighted by atomic mass is 10.2. The number of aromatic nitrogens is 3. The predicted molar refractivity (Wildman–Crippen MR) is 90.9 cm³/mol. The van der Waals surface area contributed by atoms with Crippen molar-refractivity contribution in [3.8, 4) is 0 Å². The number of halogens is 1. The van der Waals surface area contributed by atoms with E-state index in [0.717, 1.165) is 5.75 Å². The van der Waals surface area contributed by atoms with Crippen LogP contribution < -0.4 is 5.43 Å². The smallest absolute Gasteiger partial charge is 0.305 e. The molecule has 2 aromatic heterocycles. The van der Waals surface area contributed by atoms with Crippen LogP contribution in [0.5, 0.6) is 0 Å². The lowest BCUT2D eigenvalue weighted by Crippen LogP contribution is -2.24. The maximum absolute atomic E-state index is 12.2. The number of furan rings is 1. The molecule has 2 heterocycles. The zero-order valence-corrected chi connectivity index (χ0v) is 14.6. The molecule has 0 aliphatic heterocycles. The molecule has 0 fully saturated rings. The van der Waals surface area contributed by atoms with E-state index in [1.807, 2.05) is 30.3 Å². The Hall–Kier alpha value is -2.06. The van der Waals surface area contributed by atoms with Gasteiger partial charge in [0, 0.05) is 5.75 Å². The molecule has 0 bridgehead atoms. The number of carbonyl (C=O) groups is 1. The lowest BCUT2D eigenvalue weighted by Gasteiger charge is -2.08.